The van der Waals surface area contributed by atoms with Crippen molar-refractivity contribution in [3.63, 3.8) is 0 Å². The lowest BCUT2D eigenvalue weighted by Gasteiger charge is -2.19. The number of ether oxygens (including phenoxy) is 2. The number of phosphoric ester groups is 1. The molecule has 0 aromatic carbocycles. The van der Waals surface area contributed by atoms with Crippen LogP contribution in [0.2, 0.25) is 0 Å². The number of carbonyl (C=O) groups is 2. The molecule has 2 unspecified atom stereocenters. The van der Waals surface area contributed by atoms with E-state index < -0.39 is 32.5 Å². The zero-order valence-corrected chi connectivity index (χ0v) is 45.9. The molecule has 3 N–H and O–H groups in total. The predicted octanol–water partition coefficient (Wildman–Crippen LogP) is 18.2. The molecule has 0 aliphatic heterocycles. The molecular formula is C59H110NO8P. The fraction of sp³-hybridized carbons (Fsp3) is 0.831. The van der Waals surface area contributed by atoms with Gasteiger partial charge in [-0.1, -0.05) is 242 Å². The second-order valence-electron chi connectivity index (χ2n) is 19.5. The van der Waals surface area contributed by atoms with Gasteiger partial charge >= 0.3 is 19.8 Å². The van der Waals surface area contributed by atoms with Crippen LogP contribution in [0.3, 0.4) is 0 Å². The van der Waals surface area contributed by atoms with Crippen molar-refractivity contribution in [1.29, 1.82) is 0 Å². The second-order valence-corrected chi connectivity index (χ2v) is 21.0. The third-order valence-electron chi connectivity index (χ3n) is 12.7. The molecular weight excluding hydrogens is 882 g/mol. The molecule has 0 aliphatic rings. The highest BCUT2D eigenvalue weighted by Crippen LogP contribution is 2.43. The number of esters is 2. The van der Waals surface area contributed by atoms with Gasteiger partial charge in [0.05, 0.1) is 13.2 Å². The molecule has 0 radical (unpaired) electrons. The van der Waals surface area contributed by atoms with E-state index in [4.69, 9.17) is 24.3 Å². The summed E-state index contributed by atoms with van der Waals surface area (Å²) in [5.74, 6) is -0.834. The van der Waals surface area contributed by atoms with Crippen LogP contribution in [-0.4, -0.2) is 49.3 Å². The maximum atomic E-state index is 12.7. The van der Waals surface area contributed by atoms with Gasteiger partial charge in [-0.15, -0.1) is 0 Å². The average molecular weight is 993 g/mol. The lowest BCUT2D eigenvalue weighted by atomic mass is 10.0. The fourth-order valence-corrected chi connectivity index (χ4v) is 9.11. The van der Waals surface area contributed by atoms with Crippen LogP contribution in [0.1, 0.15) is 284 Å². The van der Waals surface area contributed by atoms with Crippen molar-refractivity contribution in [3.05, 3.63) is 48.6 Å². The normalized spacial score (nSPS) is 13.4. The molecule has 69 heavy (non-hydrogen) atoms. The SMILES string of the molecule is CCCCC/C=C\C/C=C\CCCCCCCC(=O)OCC(COP(=O)(O)OCCN)OC(=O)CCCCCCCCCCCCCCCCCCCCCCC/C=C\C/C=C\CCCCCCC. The van der Waals surface area contributed by atoms with Crippen molar-refractivity contribution >= 4 is 19.8 Å². The molecule has 404 valence electrons. The first-order chi connectivity index (χ1) is 33.8. The first-order valence-corrected chi connectivity index (χ1v) is 30.6. The Balaban J connectivity index is 3.86. The van der Waals surface area contributed by atoms with Gasteiger partial charge in [0.2, 0.25) is 0 Å². The molecule has 0 aromatic heterocycles. The van der Waals surface area contributed by atoms with E-state index in [0.29, 0.717) is 6.42 Å². The molecule has 0 aromatic rings. The van der Waals surface area contributed by atoms with Crippen LogP contribution in [0, 0.1) is 0 Å². The summed E-state index contributed by atoms with van der Waals surface area (Å²) < 4.78 is 33.0. The van der Waals surface area contributed by atoms with Crippen molar-refractivity contribution in [2.75, 3.05) is 26.4 Å². The van der Waals surface area contributed by atoms with E-state index in [9.17, 15) is 19.0 Å². The van der Waals surface area contributed by atoms with Crippen LogP contribution >= 0.6 is 7.82 Å². The van der Waals surface area contributed by atoms with Gasteiger partial charge in [-0.2, -0.15) is 0 Å². The number of carbonyl (C=O) groups excluding carboxylic acids is 2. The zero-order valence-electron chi connectivity index (χ0n) is 45.1. The van der Waals surface area contributed by atoms with Gasteiger partial charge in [0.25, 0.3) is 0 Å². The average Bonchev–Trinajstić information content (AvgIpc) is 3.34. The summed E-state index contributed by atoms with van der Waals surface area (Å²) in [7, 11) is -4.39. The Morgan fingerprint density at radius 1 is 0.435 bits per heavy atom. The molecule has 0 fully saturated rings. The Hall–Kier alpha value is -2.03. The van der Waals surface area contributed by atoms with E-state index >= 15 is 0 Å². The highest BCUT2D eigenvalue weighted by Gasteiger charge is 2.26. The molecule has 0 bridgehead atoms. The van der Waals surface area contributed by atoms with Crippen molar-refractivity contribution in [2.24, 2.45) is 5.73 Å². The molecule has 10 heteroatoms. The topological polar surface area (TPSA) is 134 Å². The Bertz CT molecular complexity index is 1270. The van der Waals surface area contributed by atoms with E-state index in [1.165, 1.54) is 186 Å². The van der Waals surface area contributed by atoms with Crippen LogP contribution < -0.4 is 5.73 Å². The summed E-state index contributed by atoms with van der Waals surface area (Å²) in [6.07, 6.45) is 67.5. The quantitative estimate of drug-likeness (QED) is 0.0264. The molecule has 2 atom stereocenters. The van der Waals surface area contributed by atoms with Gasteiger partial charge < -0.3 is 20.1 Å². The number of unbranched alkanes of at least 4 members (excludes halogenated alkanes) is 34. The molecule has 0 amide bonds. The summed E-state index contributed by atoms with van der Waals surface area (Å²) in [6, 6.07) is 0. The maximum absolute atomic E-state index is 12.7. The van der Waals surface area contributed by atoms with Crippen LogP contribution in [-0.2, 0) is 32.7 Å². The standard InChI is InChI=1S/C59H110NO8P/c1-3-5-7-9-11-13-15-17-19-20-21-22-23-24-25-26-27-28-29-30-31-32-33-34-35-36-38-40-42-44-46-48-50-52-59(62)68-57(56-67-69(63,64)66-54-53-60)55-65-58(61)51-49-47-45-43-41-39-37-18-16-14-12-10-8-6-4-2/h12,14-15,17-18,20-21,37,57H,3-11,13,16,19,22-36,38-56,60H2,1-2H3,(H,63,64)/b14-12-,17-15-,21-20-,37-18-. The smallest absolute Gasteiger partial charge is 0.462 e. The number of hydrogen-bond donors (Lipinski definition) is 2. The molecule has 0 heterocycles. The zero-order chi connectivity index (χ0) is 50.2. The third kappa shape index (κ3) is 55.1. The van der Waals surface area contributed by atoms with Crippen molar-refractivity contribution in [2.45, 2.75) is 290 Å². The monoisotopic (exact) mass is 992 g/mol. The van der Waals surface area contributed by atoms with Crippen molar-refractivity contribution in [1.82, 2.24) is 0 Å². The lowest BCUT2D eigenvalue weighted by Crippen LogP contribution is -2.29. The fourth-order valence-electron chi connectivity index (χ4n) is 8.35. The summed E-state index contributed by atoms with van der Waals surface area (Å²) in [5, 5.41) is 0. The second kappa shape index (κ2) is 55.3. The Kier molecular flexibility index (Phi) is 53.7. The third-order valence-corrected chi connectivity index (χ3v) is 13.7. The predicted molar refractivity (Wildman–Crippen MR) is 293 cm³/mol. The Morgan fingerprint density at radius 2 is 0.754 bits per heavy atom. The molecule has 9 nitrogen and oxygen atoms in total. The van der Waals surface area contributed by atoms with Crippen LogP contribution in [0.5, 0.6) is 0 Å². The summed E-state index contributed by atoms with van der Waals surface area (Å²) in [4.78, 5) is 35.1. The van der Waals surface area contributed by atoms with E-state index in [0.717, 1.165) is 64.2 Å². The van der Waals surface area contributed by atoms with Gasteiger partial charge in [0.1, 0.15) is 6.61 Å². The van der Waals surface area contributed by atoms with Crippen LogP contribution in [0.4, 0.5) is 0 Å². The van der Waals surface area contributed by atoms with Gasteiger partial charge in [-0.05, 0) is 77.0 Å². The summed E-state index contributed by atoms with van der Waals surface area (Å²) >= 11 is 0. The number of rotatable bonds is 55. The summed E-state index contributed by atoms with van der Waals surface area (Å²) in [6.45, 7) is 3.72. The molecule has 0 spiro atoms. The lowest BCUT2D eigenvalue weighted by molar-refractivity contribution is -0.161. The highest BCUT2D eigenvalue weighted by molar-refractivity contribution is 7.47. The first kappa shape index (κ1) is 67.0. The number of allylic oxidation sites excluding steroid dienone is 8. The van der Waals surface area contributed by atoms with Gasteiger partial charge in [-0.25, -0.2) is 4.57 Å². The van der Waals surface area contributed by atoms with E-state index in [-0.39, 0.29) is 32.6 Å². The molecule has 0 saturated heterocycles. The largest absolute Gasteiger partial charge is 0.472 e. The van der Waals surface area contributed by atoms with Crippen LogP contribution in [0.25, 0.3) is 0 Å². The van der Waals surface area contributed by atoms with E-state index in [1.54, 1.807) is 0 Å². The van der Waals surface area contributed by atoms with Gasteiger partial charge in [0.15, 0.2) is 6.10 Å². The number of phosphoric acid groups is 1. The van der Waals surface area contributed by atoms with Crippen molar-refractivity contribution < 1.29 is 37.6 Å². The Labute approximate surface area is 426 Å². The number of nitrogens with two attached hydrogens (primary N) is 1. The molecule has 0 saturated carbocycles. The minimum Gasteiger partial charge on any atom is -0.462 e. The minimum absolute atomic E-state index is 0.0518. The molecule has 0 aliphatic carbocycles. The maximum Gasteiger partial charge on any atom is 0.472 e. The van der Waals surface area contributed by atoms with E-state index in [1.807, 2.05) is 0 Å². The van der Waals surface area contributed by atoms with Crippen LogP contribution in [0.15, 0.2) is 48.6 Å². The Morgan fingerprint density at radius 3 is 1.13 bits per heavy atom. The summed E-state index contributed by atoms with van der Waals surface area (Å²) in [5.41, 5.74) is 5.37. The molecule has 0 rings (SSSR count). The van der Waals surface area contributed by atoms with Crippen molar-refractivity contribution in [3.8, 4) is 0 Å². The number of hydrogen-bond acceptors (Lipinski definition) is 8. The highest BCUT2D eigenvalue weighted by atomic mass is 31.2. The van der Waals surface area contributed by atoms with Gasteiger partial charge in [-0.3, -0.25) is 18.6 Å². The van der Waals surface area contributed by atoms with Gasteiger partial charge in [0, 0.05) is 19.4 Å². The first-order valence-electron chi connectivity index (χ1n) is 29.1. The minimum atomic E-state index is -4.39. The van der Waals surface area contributed by atoms with E-state index in [2.05, 4.69) is 62.5 Å².